The second-order valence-corrected chi connectivity index (χ2v) is 9.01. The minimum Gasteiger partial charge on any atom is -0.487 e. The first-order valence-electron chi connectivity index (χ1n) is 11.6. The van der Waals surface area contributed by atoms with Crippen molar-refractivity contribution >= 4 is 28.5 Å². The molecule has 0 aliphatic rings. The Morgan fingerprint density at radius 1 is 1.06 bits per heavy atom. The van der Waals surface area contributed by atoms with E-state index in [1.165, 1.54) is 0 Å². The smallest absolute Gasteiger partial charge is 0.335 e. The standard InChI is InChI=1S/C28H27ClN2O4/c1-3-4-5-26-30-24-12-6-18(2)14-22(24)27(32)31(26)16-20-9-13-25(23(29)15-20)35-17-19-7-10-21(11-8-19)28(33)34/h6-15H,3-5,16-17H2,1-2H3,(H,33,34). The van der Waals surface area contributed by atoms with Crippen LogP contribution in [0.4, 0.5) is 0 Å². The van der Waals surface area contributed by atoms with Crippen molar-refractivity contribution in [2.24, 2.45) is 0 Å². The van der Waals surface area contributed by atoms with Crippen LogP contribution < -0.4 is 10.3 Å². The first kappa shape index (κ1) is 24.5. The zero-order valence-corrected chi connectivity index (χ0v) is 20.5. The number of fused-ring (bicyclic) bond motifs is 1. The molecule has 6 nitrogen and oxygen atoms in total. The highest BCUT2D eigenvalue weighted by molar-refractivity contribution is 6.32. The molecule has 0 fully saturated rings. The van der Waals surface area contributed by atoms with Crippen LogP contribution in [0.15, 0.2) is 65.5 Å². The van der Waals surface area contributed by atoms with Gasteiger partial charge < -0.3 is 9.84 Å². The molecule has 0 aliphatic carbocycles. The summed E-state index contributed by atoms with van der Waals surface area (Å²) in [7, 11) is 0. The zero-order chi connectivity index (χ0) is 24.9. The van der Waals surface area contributed by atoms with Crippen LogP contribution in [0.25, 0.3) is 10.9 Å². The van der Waals surface area contributed by atoms with Crippen molar-refractivity contribution in [1.29, 1.82) is 0 Å². The number of carboxylic acids is 1. The number of hydrogen-bond acceptors (Lipinski definition) is 4. The van der Waals surface area contributed by atoms with Gasteiger partial charge in [-0.2, -0.15) is 0 Å². The maximum absolute atomic E-state index is 13.4. The van der Waals surface area contributed by atoms with Gasteiger partial charge in [-0.05, 0) is 60.9 Å². The van der Waals surface area contributed by atoms with E-state index < -0.39 is 5.97 Å². The van der Waals surface area contributed by atoms with Gasteiger partial charge in [-0.1, -0.05) is 54.8 Å². The Morgan fingerprint density at radius 2 is 1.80 bits per heavy atom. The van der Waals surface area contributed by atoms with Crippen LogP contribution in [0.2, 0.25) is 5.02 Å². The lowest BCUT2D eigenvalue weighted by atomic mass is 10.1. The molecular weight excluding hydrogens is 464 g/mol. The molecule has 180 valence electrons. The normalized spacial score (nSPS) is 11.1. The van der Waals surface area contributed by atoms with Gasteiger partial charge in [0.15, 0.2) is 0 Å². The molecule has 7 heteroatoms. The summed E-state index contributed by atoms with van der Waals surface area (Å²) in [6, 6.07) is 17.8. The lowest BCUT2D eigenvalue weighted by Gasteiger charge is -2.15. The van der Waals surface area contributed by atoms with E-state index in [2.05, 4.69) is 6.92 Å². The number of hydrogen-bond donors (Lipinski definition) is 1. The van der Waals surface area contributed by atoms with E-state index >= 15 is 0 Å². The summed E-state index contributed by atoms with van der Waals surface area (Å²) >= 11 is 6.50. The Kier molecular flexibility index (Phi) is 7.51. The van der Waals surface area contributed by atoms with Crippen LogP contribution in [0.1, 0.15) is 52.6 Å². The van der Waals surface area contributed by atoms with Gasteiger partial charge in [-0.3, -0.25) is 9.36 Å². The van der Waals surface area contributed by atoms with E-state index in [0.717, 1.165) is 47.3 Å². The van der Waals surface area contributed by atoms with Gasteiger partial charge in [0, 0.05) is 6.42 Å². The van der Waals surface area contributed by atoms with Crippen molar-refractivity contribution in [3.8, 4) is 5.75 Å². The lowest BCUT2D eigenvalue weighted by Crippen LogP contribution is -2.26. The fourth-order valence-electron chi connectivity index (χ4n) is 3.92. The number of rotatable bonds is 9. The molecule has 0 spiro atoms. The van der Waals surface area contributed by atoms with E-state index in [9.17, 15) is 9.59 Å². The van der Waals surface area contributed by atoms with E-state index in [1.54, 1.807) is 41.0 Å². The summed E-state index contributed by atoms with van der Waals surface area (Å²) in [6.45, 7) is 4.71. The number of halogens is 1. The number of nitrogens with zero attached hydrogens (tertiary/aromatic N) is 2. The van der Waals surface area contributed by atoms with Crippen LogP contribution in [-0.2, 0) is 19.6 Å². The molecule has 0 radical (unpaired) electrons. The zero-order valence-electron chi connectivity index (χ0n) is 19.8. The summed E-state index contributed by atoms with van der Waals surface area (Å²) in [5.41, 5.74) is 3.63. The monoisotopic (exact) mass is 490 g/mol. The van der Waals surface area contributed by atoms with Crippen LogP contribution in [0.5, 0.6) is 5.75 Å². The molecule has 0 saturated carbocycles. The molecule has 0 aliphatic heterocycles. The molecule has 35 heavy (non-hydrogen) atoms. The van der Waals surface area contributed by atoms with Gasteiger partial charge in [0.2, 0.25) is 0 Å². The largest absolute Gasteiger partial charge is 0.487 e. The molecule has 4 aromatic rings. The molecule has 3 aromatic carbocycles. The predicted octanol–water partition coefficient (Wildman–Crippen LogP) is 6.03. The van der Waals surface area contributed by atoms with Crippen molar-refractivity contribution in [2.75, 3.05) is 0 Å². The lowest BCUT2D eigenvalue weighted by molar-refractivity contribution is 0.0697. The van der Waals surface area contributed by atoms with Gasteiger partial charge >= 0.3 is 5.97 Å². The van der Waals surface area contributed by atoms with Crippen molar-refractivity contribution < 1.29 is 14.6 Å². The summed E-state index contributed by atoms with van der Waals surface area (Å²) in [5, 5.41) is 10.1. The van der Waals surface area contributed by atoms with Gasteiger partial charge in [0.05, 0.1) is 28.0 Å². The third-order valence-corrected chi connectivity index (χ3v) is 6.17. The SMILES string of the molecule is CCCCc1nc2ccc(C)cc2c(=O)n1Cc1ccc(OCc2ccc(C(=O)O)cc2)c(Cl)c1. The maximum atomic E-state index is 13.4. The number of carboxylic acid groups (broad SMARTS) is 1. The second-order valence-electron chi connectivity index (χ2n) is 8.60. The molecule has 0 bridgehead atoms. The second kappa shape index (κ2) is 10.7. The number of unbranched alkanes of at least 4 members (excludes halogenated alkanes) is 1. The van der Waals surface area contributed by atoms with Crippen molar-refractivity contribution in [2.45, 2.75) is 46.3 Å². The van der Waals surface area contributed by atoms with Gasteiger partial charge in [-0.25, -0.2) is 9.78 Å². The Morgan fingerprint density at radius 3 is 2.49 bits per heavy atom. The number of aromatic nitrogens is 2. The molecule has 0 amide bonds. The highest BCUT2D eigenvalue weighted by Crippen LogP contribution is 2.27. The van der Waals surface area contributed by atoms with Crippen LogP contribution in [-0.4, -0.2) is 20.6 Å². The quantitative estimate of drug-likeness (QED) is 0.310. The Labute approximate surface area is 208 Å². The van der Waals surface area contributed by atoms with E-state index in [0.29, 0.717) is 22.7 Å². The number of benzene rings is 3. The van der Waals surface area contributed by atoms with Crippen LogP contribution >= 0.6 is 11.6 Å². The van der Waals surface area contributed by atoms with Gasteiger partial charge in [0.1, 0.15) is 18.2 Å². The topological polar surface area (TPSA) is 81.4 Å². The van der Waals surface area contributed by atoms with E-state index in [-0.39, 0.29) is 17.7 Å². The summed E-state index contributed by atoms with van der Waals surface area (Å²) in [4.78, 5) is 29.2. The number of aryl methyl sites for hydroxylation is 2. The van der Waals surface area contributed by atoms with Crippen LogP contribution in [0.3, 0.4) is 0 Å². The third-order valence-electron chi connectivity index (χ3n) is 5.87. The predicted molar refractivity (Wildman–Crippen MR) is 138 cm³/mol. The molecule has 1 N–H and O–H groups in total. The minimum atomic E-state index is -0.968. The van der Waals surface area contributed by atoms with Crippen LogP contribution in [0, 0.1) is 6.92 Å². The molecule has 1 heterocycles. The highest BCUT2D eigenvalue weighted by atomic mass is 35.5. The molecular formula is C28H27ClN2O4. The number of aromatic carboxylic acids is 1. The maximum Gasteiger partial charge on any atom is 0.335 e. The Bertz CT molecular complexity index is 1430. The van der Waals surface area contributed by atoms with Crippen molar-refractivity contribution in [3.63, 3.8) is 0 Å². The minimum absolute atomic E-state index is 0.0499. The fraction of sp³-hybridized carbons (Fsp3) is 0.250. The average Bonchev–Trinajstić information content (AvgIpc) is 2.85. The van der Waals surface area contributed by atoms with Gasteiger partial charge in [0.25, 0.3) is 5.56 Å². The van der Waals surface area contributed by atoms with E-state index in [1.807, 2.05) is 31.2 Å². The van der Waals surface area contributed by atoms with E-state index in [4.69, 9.17) is 26.4 Å². The molecule has 4 rings (SSSR count). The number of carbonyl (C=O) groups is 1. The molecule has 0 atom stereocenters. The first-order chi connectivity index (χ1) is 16.9. The summed E-state index contributed by atoms with van der Waals surface area (Å²) < 4.78 is 7.58. The Hall–Kier alpha value is -3.64. The molecule has 0 unspecified atom stereocenters. The third kappa shape index (κ3) is 5.72. The molecule has 0 saturated heterocycles. The highest BCUT2D eigenvalue weighted by Gasteiger charge is 2.13. The van der Waals surface area contributed by atoms with Gasteiger partial charge in [-0.15, -0.1) is 0 Å². The fourth-order valence-corrected chi connectivity index (χ4v) is 4.17. The van der Waals surface area contributed by atoms with Crippen molar-refractivity contribution in [1.82, 2.24) is 9.55 Å². The average molecular weight is 491 g/mol. The molecule has 1 aromatic heterocycles. The Balaban J connectivity index is 1.56. The number of ether oxygens (including phenoxy) is 1. The summed E-state index contributed by atoms with van der Waals surface area (Å²) in [5.74, 6) is 0.322. The summed E-state index contributed by atoms with van der Waals surface area (Å²) in [6.07, 6.45) is 2.69. The first-order valence-corrected chi connectivity index (χ1v) is 12.0. The van der Waals surface area contributed by atoms with Crippen molar-refractivity contribution in [3.05, 3.63) is 104 Å².